The van der Waals surface area contributed by atoms with E-state index in [-0.39, 0.29) is 22.8 Å². The first-order valence-electron chi connectivity index (χ1n) is 8.25. The molecule has 2 aromatic rings. The second kappa shape index (κ2) is 6.89. The van der Waals surface area contributed by atoms with Crippen molar-refractivity contribution in [2.75, 3.05) is 0 Å². The van der Waals surface area contributed by atoms with Gasteiger partial charge in [-0.25, -0.2) is 0 Å². The molecular weight excluding hydrogens is 318 g/mol. The van der Waals surface area contributed by atoms with Gasteiger partial charge < -0.3 is 10.1 Å². The summed E-state index contributed by atoms with van der Waals surface area (Å²) < 4.78 is 6.03. The highest BCUT2D eigenvalue weighted by molar-refractivity contribution is 8.00. The third-order valence-corrected chi connectivity index (χ3v) is 5.23. The van der Waals surface area contributed by atoms with E-state index in [1.54, 1.807) is 11.8 Å². The molecule has 2 aromatic carbocycles. The number of thioether (sulfide) groups is 1. The summed E-state index contributed by atoms with van der Waals surface area (Å²) in [4.78, 5) is 13.8. The molecular formula is C20H23NO2S. The van der Waals surface area contributed by atoms with Crippen molar-refractivity contribution in [2.24, 2.45) is 0 Å². The molecule has 1 heterocycles. The molecule has 0 saturated carbocycles. The Morgan fingerprint density at radius 3 is 2.58 bits per heavy atom. The van der Waals surface area contributed by atoms with E-state index in [1.807, 2.05) is 61.5 Å². The first kappa shape index (κ1) is 16.9. The van der Waals surface area contributed by atoms with Crippen LogP contribution < -0.4 is 10.1 Å². The quantitative estimate of drug-likeness (QED) is 0.827. The number of hydrogen-bond donors (Lipinski definition) is 1. The fourth-order valence-corrected chi connectivity index (χ4v) is 3.87. The second-order valence-electron chi connectivity index (χ2n) is 6.74. The highest BCUT2D eigenvalue weighted by Crippen LogP contribution is 2.39. The summed E-state index contributed by atoms with van der Waals surface area (Å²) in [6.45, 7) is 6.07. The van der Waals surface area contributed by atoms with Gasteiger partial charge in [0.05, 0.1) is 11.3 Å². The van der Waals surface area contributed by atoms with Gasteiger partial charge in [-0.3, -0.25) is 4.79 Å². The van der Waals surface area contributed by atoms with E-state index in [0.29, 0.717) is 0 Å². The van der Waals surface area contributed by atoms with Crippen LogP contribution in [-0.2, 0) is 4.79 Å². The van der Waals surface area contributed by atoms with Crippen molar-refractivity contribution < 1.29 is 9.53 Å². The van der Waals surface area contributed by atoms with Crippen LogP contribution in [-0.4, -0.2) is 16.8 Å². The smallest absolute Gasteiger partial charge is 0.233 e. The van der Waals surface area contributed by atoms with Crippen molar-refractivity contribution >= 4 is 17.7 Å². The van der Waals surface area contributed by atoms with Gasteiger partial charge in [0.1, 0.15) is 11.4 Å². The molecule has 2 atom stereocenters. The average Bonchev–Trinajstić information content (AvgIpc) is 2.54. The predicted octanol–water partition coefficient (Wildman–Crippen LogP) is 4.59. The first-order valence-corrected chi connectivity index (χ1v) is 9.13. The Balaban J connectivity index is 1.72. The minimum atomic E-state index is -0.290. The van der Waals surface area contributed by atoms with E-state index in [1.165, 1.54) is 0 Å². The molecule has 0 aromatic heterocycles. The summed E-state index contributed by atoms with van der Waals surface area (Å²) in [6, 6.07) is 18.0. The Labute approximate surface area is 147 Å². The molecule has 126 valence electrons. The molecule has 0 bridgehead atoms. The fourth-order valence-electron chi connectivity index (χ4n) is 2.98. The van der Waals surface area contributed by atoms with Crippen molar-refractivity contribution in [3.05, 3.63) is 60.2 Å². The average molecular weight is 341 g/mol. The maximum absolute atomic E-state index is 12.7. The fraction of sp³-hybridized carbons (Fsp3) is 0.350. The summed E-state index contributed by atoms with van der Waals surface area (Å²) in [6.07, 6.45) is 0.762. The van der Waals surface area contributed by atoms with Crippen molar-refractivity contribution in [1.29, 1.82) is 0 Å². The van der Waals surface area contributed by atoms with Crippen LogP contribution in [0.25, 0.3) is 0 Å². The summed E-state index contributed by atoms with van der Waals surface area (Å²) in [5.41, 5.74) is 0.768. The molecule has 3 nitrogen and oxygen atoms in total. The van der Waals surface area contributed by atoms with E-state index in [4.69, 9.17) is 4.74 Å². The Kier molecular flexibility index (Phi) is 4.86. The molecule has 0 aliphatic carbocycles. The van der Waals surface area contributed by atoms with Crippen LogP contribution in [0.4, 0.5) is 0 Å². The molecule has 0 saturated heterocycles. The molecule has 1 N–H and O–H groups in total. The molecule has 0 spiro atoms. The summed E-state index contributed by atoms with van der Waals surface area (Å²) in [5.74, 6) is 0.920. The molecule has 1 aliphatic heterocycles. The zero-order valence-corrected chi connectivity index (χ0v) is 15.1. The molecule has 1 amide bonds. The van der Waals surface area contributed by atoms with Gasteiger partial charge >= 0.3 is 0 Å². The molecule has 1 aliphatic rings. The van der Waals surface area contributed by atoms with E-state index in [2.05, 4.69) is 19.2 Å². The Hall–Kier alpha value is -1.94. The van der Waals surface area contributed by atoms with Crippen LogP contribution in [0.5, 0.6) is 5.75 Å². The number of benzene rings is 2. The van der Waals surface area contributed by atoms with Crippen LogP contribution in [0, 0.1) is 0 Å². The van der Waals surface area contributed by atoms with Crippen molar-refractivity contribution in [2.45, 2.75) is 49.0 Å². The molecule has 0 fully saturated rings. The van der Waals surface area contributed by atoms with E-state index >= 15 is 0 Å². The zero-order chi connectivity index (χ0) is 17.2. The van der Waals surface area contributed by atoms with Crippen molar-refractivity contribution in [1.82, 2.24) is 5.32 Å². The molecule has 3 rings (SSSR count). The largest absolute Gasteiger partial charge is 0.487 e. The molecule has 4 heteroatoms. The van der Waals surface area contributed by atoms with Crippen LogP contribution >= 0.6 is 11.8 Å². The lowest BCUT2D eigenvalue weighted by Crippen LogP contribution is -2.43. The van der Waals surface area contributed by atoms with Crippen molar-refractivity contribution in [3.63, 3.8) is 0 Å². The Bertz CT molecular complexity index is 715. The van der Waals surface area contributed by atoms with Crippen LogP contribution in [0.3, 0.4) is 0 Å². The standard InChI is InChI=1S/C20H23NO2S/c1-14(24-15-9-5-4-6-10-15)19(22)21-17-13-20(2,3)23-18-12-8-7-11-16(17)18/h4-12,14,17H,13H2,1-3H3,(H,21,22)/t14-,17+/m1/s1. The number of ether oxygens (including phenoxy) is 1. The minimum absolute atomic E-state index is 0.0173. The number of carbonyl (C=O) groups is 1. The number of fused-ring (bicyclic) bond motifs is 1. The maximum atomic E-state index is 12.7. The number of para-hydroxylation sites is 1. The van der Waals surface area contributed by atoms with Crippen LogP contribution in [0.1, 0.15) is 38.8 Å². The lowest BCUT2D eigenvalue weighted by Gasteiger charge is -2.38. The number of nitrogens with one attached hydrogen (secondary N) is 1. The van der Waals surface area contributed by atoms with Gasteiger partial charge in [0.2, 0.25) is 5.91 Å². The van der Waals surface area contributed by atoms with Crippen LogP contribution in [0.2, 0.25) is 0 Å². The lowest BCUT2D eigenvalue weighted by atomic mass is 9.89. The highest BCUT2D eigenvalue weighted by Gasteiger charge is 2.34. The van der Waals surface area contributed by atoms with Crippen LogP contribution in [0.15, 0.2) is 59.5 Å². The van der Waals surface area contributed by atoms with Gasteiger partial charge in [0, 0.05) is 16.9 Å². The summed E-state index contributed by atoms with van der Waals surface area (Å²) in [5, 5.41) is 3.06. The normalized spacial score (nSPS) is 19.7. The van der Waals surface area contributed by atoms with Gasteiger partial charge in [0.15, 0.2) is 0 Å². The number of carbonyl (C=O) groups excluding carboxylic acids is 1. The molecule has 0 unspecified atom stereocenters. The van der Waals surface area contributed by atoms with Gasteiger partial charge in [0.25, 0.3) is 0 Å². The topological polar surface area (TPSA) is 38.3 Å². The number of hydrogen-bond acceptors (Lipinski definition) is 3. The van der Waals surface area contributed by atoms with E-state index in [9.17, 15) is 4.79 Å². The van der Waals surface area contributed by atoms with Gasteiger partial charge in [-0.05, 0) is 39.0 Å². The predicted molar refractivity (Wildman–Crippen MR) is 98.4 cm³/mol. The summed E-state index contributed by atoms with van der Waals surface area (Å²) >= 11 is 1.58. The SMILES string of the molecule is C[C@@H](Sc1ccccc1)C(=O)N[C@H]1CC(C)(C)Oc2ccccc21. The number of amides is 1. The Morgan fingerprint density at radius 2 is 1.83 bits per heavy atom. The lowest BCUT2D eigenvalue weighted by molar-refractivity contribution is -0.121. The second-order valence-corrected chi connectivity index (χ2v) is 8.15. The van der Waals surface area contributed by atoms with Gasteiger partial charge in [-0.15, -0.1) is 11.8 Å². The van der Waals surface area contributed by atoms with E-state index < -0.39 is 0 Å². The third kappa shape index (κ3) is 3.93. The maximum Gasteiger partial charge on any atom is 0.233 e. The first-order chi connectivity index (χ1) is 11.4. The zero-order valence-electron chi connectivity index (χ0n) is 14.3. The van der Waals surface area contributed by atoms with Gasteiger partial charge in [-0.1, -0.05) is 36.4 Å². The van der Waals surface area contributed by atoms with Gasteiger partial charge in [-0.2, -0.15) is 0 Å². The molecule has 0 radical (unpaired) electrons. The molecule has 24 heavy (non-hydrogen) atoms. The third-order valence-electron chi connectivity index (χ3n) is 4.12. The monoisotopic (exact) mass is 341 g/mol. The highest BCUT2D eigenvalue weighted by atomic mass is 32.2. The van der Waals surface area contributed by atoms with Crippen molar-refractivity contribution in [3.8, 4) is 5.75 Å². The summed E-state index contributed by atoms with van der Waals surface area (Å²) in [7, 11) is 0. The van der Waals surface area contributed by atoms with E-state index in [0.717, 1.165) is 22.6 Å². The Morgan fingerprint density at radius 1 is 1.17 bits per heavy atom. The minimum Gasteiger partial charge on any atom is -0.487 e. The number of rotatable bonds is 4.